The second-order valence-electron chi connectivity index (χ2n) is 4.28. The Balaban J connectivity index is 2.01. The molecule has 0 bridgehead atoms. The van der Waals surface area contributed by atoms with E-state index in [1.807, 2.05) is 6.07 Å². The number of benzene rings is 2. The molecule has 0 aliphatic rings. The van der Waals surface area contributed by atoms with Crippen LogP contribution in [0.1, 0.15) is 21.5 Å². The number of hydrogen-bond donors (Lipinski definition) is 1. The molecule has 0 aliphatic heterocycles. The fourth-order valence-corrected chi connectivity index (χ4v) is 2.22. The molecular formula is C16H12BrN3O2. The molecular weight excluding hydrogens is 346 g/mol. The monoisotopic (exact) mass is 357 g/mol. The standard InChI is InChI=1S/C16H12BrN3O2/c1-22-15-7-6-13(8-14(15)17)16(21)20-19-10-12-4-2-11(9-18)3-5-12/h2-8,10H,1H3,(H,20,21)/b19-10-. The van der Waals surface area contributed by atoms with Crippen LogP contribution in [-0.4, -0.2) is 19.2 Å². The Morgan fingerprint density at radius 3 is 2.64 bits per heavy atom. The number of hydrazone groups is 1. The summed E-state index contributed by atoms with van der Waals surface area (Å²) >= 11 is 3.32. The van der Waals surface area contributed by atoms with Gasteiger partial charge in [-0.05, 0) is 51.8 Å². The molecule has 2 rings (SSSR count). The number of nitrogens with one attached hydrogen (secondary N) is 1. The molecule has 110 valence electrons. The molecule has 5 nitrogen and oxygen atoms in total. The maximum Gasteiger partial charge on any atom is 0.271 e. The van der Waals surface area contributed by atoms with Crippen LogP contribution in [0.15, 0.2) is 52.0 Å². The third-order valence-electron chi connectivity index (χ3n) is 2.83. The van der Waals surface area contributed by atoms with Crippen LogP contribution in [0.5, 0.6) is 5.75 Å². The maximum atomic E-state index is 12.0. The maximum absolute atomic E-state index is 12.0. The number of amides is 1. The Kier molecular flexibility index (Phi) is 5.28. The first-order valence-corrected chi connectivity index (χ1v) is 7.10. The first-order valence-electron chi connectivity index (χ1n) is 6.31. The predicted octanol–water partition coefficient (Wildman–Crippen LogP) is 3.09. The van der Waals surface area contributed by atoms with E-state index in [1.165, 1.54) is 6.21 Å². The Morgan fingerprint density at radius 1 is 1.32 bits per heavy atom. The number of rotatable bonds is 4. The zero-order valence-electron chi connectivity index (χ0n) is 11.7. The van der Waals surface area contributed by atoms with Crippen molar-refractivity contribution in [1.82, 2.24) is 5.43 Å². The van der Waals surface area contributed by atoms with Gasteiger partial charge in [-0.3, -0.25) is 4.79 Å². The average Bonchev–Trinajstić information content (AvgIpc) is 2.55. The third kappa shape index (κ3) is 3.93. The molecule has 0 saturated carbocycles. The molecule has 0 atom stereocenters. The number of nitriles is 1. The Hall–Kier alpha value is -2.65. The topological polar surface area (TPSA) is 74.5 Å². The second kappa shape index (κ2) is 7.38. The van der Waals surface area contributed by atoms with Crippen LogP contribution in [0.25, 0.3) is 0 Å². The van der Waals surface area contributed by atoms with Gasteiger partial charge in [-0.1, -0.05) is 12.1 Å². The Labute approximate surface area is 136 Å². The van der Waals surface area contributed by atoms with Crippen LogP contribution in [0.3, 0.4) is 0 Å². The van der Waals surface area contributed by atoms with Crippen molar-refractivity contribution in [3.63, 3.8) is 0 Å². The highest BCUT2D eigenvalue weighted by molar-refractivity contribution is 9.10. The van der Waals surface area contributed by atoms with Gasteiger partial charge in [-0.25, -0.2) is 5.43 Å². The van der Waals surface area contributed by atoms with Gasteiger partial charge in [-0.2, -0.15) is 10.4 Å². The minimum absolute atomic E-state index is 0.326. The van der Waals surface area contributed by atoms with E-state index in [0.29, 0.717) is 21.3 Å². The Morgan fingerprint density at radius 2 is 2.05 bits per heavy atom. The van der Waals surface area contributed by atoms with Crippen molar-refractivity contribution in [2.75, 3.05) is 7.11 Å². The first-order chi connectivity index (χ1) is 10.6. The SMILES string of the molecule is COc1ccc(C(=O)N/N=C\c2ccc(C#N)cc2)cc1Br. The lowest BCUT2D eigenvalue weighted by molar-refractivity contribution is 0.0955. The number of carbonyl (C=O) groups is 1. The summed E-state index contributed by atoms with van der Waals surface area (Å²) in [6.07, 6.45) is 1.51. The molecule has 0 aliphatic carbocycles. The van der Waals surface area contributed by atoms with E-state index in [1.54, 1.807) is 49.6 Å². The van der Waals surface area contributed by atoms with Crippen molar-refractivity contribution in [3.8, 4) is 11.8 Å². The van der Waals surface area contributed by atoms with Gasteiger partial charge in [0.25, 0.3) is 5.91 Å². The normalized spacial score (nSPS) is 10.2. The van der Waals surface area contributed by atoms with E-state index in [2.05, 4.69) is 26.5 Å². The molecule has 1 amide bonds. The van der Waals surface area contributed by atoms with Crippen LogP contribution >= 0.6 is 15.9 Å². The van der Waals surface area contributed by atoms with Crippen LogP contribution in [0.2, 0.25) is 0 Å². The minimum atomic E-state index is -0.326. The number of halogens is 1. The quantitative estimate of drug-likeness (QED) is 0.674. The van der Waals surface area contributed by atoms with Crippen molar-refractivity contribution in [2.24, 2.45) is 5.10 Å². The van der Waals surface area contributed by atoms with E-state index < -0.39 is 0 Å². The average molecular weight is 358 g/mol. The van der Waals surface area contributed by atoms with Gasteiger partial charge in [-0.15, -0.1) is 0 Å². The van der Waals surface area contributed by atoms with Crippen LogP contribution < -0.4 is 10.2 Å². The molecule has 2 aromatic rings. The van der Waals surface area contributed by atoms with E-state index in [4.69, 9.17) is 10.00 Å². The van der Waals surface area contributed by atoms with Crippen molar-refractivity contribution in [2.45, 2.75) is 0 Å². The summed E-state index contributed by atoms with van der Waals surface area (Å²) in [5.41, 5.74) is 4.27. The van der Waals surface area contributed by atoms with Crippen molar-refractivity contribution < 1.29 is 9.53 Å². The molecule has 0 spiro atoms. The molecule has 0 radical (unpaired) electrons. The number of methoxy groups -OCH3 is 1. The summed E-state index contributed by atoms with van der Waals surface area (Å²) in [5.74, 6) is 0.325. The molecule has 0 unspecified atom stereocenters. The lowest BCUT2D eigenvalue weighted by Crippen LogP contribution is -2.17. The first kappa shape index (κ1) is 15.7. The largest absolute Gasteiger partial charge is 0.496 e. The van der Waals surface area contributed by atoms with Gasteiger partial charge in [0.1, 0.15) is 5.75 Å². The molecule has 0 saturated heterocycles. The van der Waals surface area contributed by atoms with E-state index in [-0.39, 0.29) is 5.91 Å². The van der Waals surface area contributed by atoms with Crippen LogP contribution in [-0.2, 0) is 0 Å². The summed E-state index contributed by atoms with van der Waals surface area (Å²) in [6, 6.07) is 13.9. The molecule has 2 aromatic carbocycles. The molecule has 0 heterocycles. The van der Waals surface area contributed by atoms with Crippen LogP contribution in [0.4, 0.5) is 0 Å². The van der Waals surface area contributed by atoms with Crippen molar-refractivity contribution in [3.05, 3.63) is 63.6 Å². The molecule has 1 N–H and O–H groups in total. The predicted molar refractivity (Wildman–Crippen MR) is 86.9 cm³/mol. The molecule has 0 aromatic heterocycles. The third-order valence-corrected chi connectivity index (χ3v) is 3.45. The summed E-state index contributed by atoms with van der Waals surface area (Å²) in [6.45, 7) is 0. The van der Waals surface area contributed by atoms with E-state index in [9.17, 15) is 4.79 Å². The second-order valence-corrected chi connectivity index (χ2v) is 5.14. The number of ether oxygens (including phenoxy) is 1. The number of carbonyl (C=O) groups excluding carboxylic acids is 1. The summed E-state index contributed by atoms with van der Waals surface area (Å²) in [7, 11) is 1.56. The van der Waals surface area contributed by atoms with Crippen LogP contribution in [0, 0.1) is 11.3 Å². The van der Waals surface area contributed by atoms with Crippen molar-refractivity contribution >= 4 is 28.1 Å². The smallest absolute Gasteiger partial charge is 0.271 e. The van der Waals surface area contributed by atoms with Gasteiger partial charge in [0, 0.05) is 5.56 Å². The minimum Gasteiger partial charge on any atom is -0.496 e. The molecule has 0 fully saturated rings. The number of hydrogen-bond acceptors (Lipinski definition) is 4. The highest BCUT2D eigenvalue weighted by atomic mass is 79.9. The fourth-order valence-electron chi connectivity index (χ4n) is 1.68. The van der Waals surface area contributed by atoms with Gasteiger partial charge >= 0.3 is 0 Å². The highest BCUT2D eigenvalue weighted by Crippen LogP contribution is 2.25. The lowest BCUT2D eigenvalue weighted by Gasteiger charge is -2.05. The zero-order chi connectivity index (χ0) is 15.9. The number of nitrogens with zero attached hydrogens (tertiary/aromatic N) is 2. The summed E-state index contributed by atoms with van der Waals surface area (Å²) in [4.78, 5) is 12.0. The summed E-state index contributed by atoms with van der Waals surface area (Å²) in [5, 5.41) is 12.6. The molecule has 6 heteroatoms. The van der Waals surface area contributed by atoms with Gasteiger partial charge in [0.15, 0.2) is 0 Å². The highest BCUT2D eigenvalue weighted by Gasteiger charge is 2.07. The van der Waals surface area contributed by atoms with E-state index >= 15 is 0 Å². The fraction of sp³-hybridized carbons (Fsp3) is 0.0625. The molecule has 22 heavy (non-hydrogen) atoms. The van der Waals surface area contributed by atoms with Gasteiger partial charge in [0.2, 0.25) is 0 Å². The Bertz CT molecular complexity index is 749. The van der Waals surface area contributed by atoms with Crippen molar-refractivity contribution in [1.29, 1.82) is 5.26 Å². The van der Waals surface area contributed by atoms with Gasteiger partial charge in [0.05, 0.1) is 29.4 Å². The van der Waals surface area contributed by atoms with E-state index in [0.717, 1.165) is 5.56 Å². The van der Waals surface area contributed by atoms with Gasteiger partial charge < -0.3 is 4.74 Å². The zero-order valence-corrected chi connectivity index (χ0v) is 13.3. The lowest BCUT2D eigenvalue weighted by atomic mass is 10.2. The summed E-state index contributed by atoms with van der Waals surface area (Å²) < 4.78 is 5.80.